The fraction of sp³-hybridized carbons (Fsp3) is 1.00. The van der Waals surface area contributed by atoms with Crippen molar-refractivity contribution in [1.29, 1.82) is 0 Å². The van der Waals surface area contributed by atoms with Crippen molar-refractivity contribution in [2.45, 2.75) is 73.6 Å². The highest BCUT2D eigenvalue weighted by atomic mass is 19.4. The van der Waals surface area contributed by atoms with Crippen molar-refractivity contribution in [3.63, 3.8) is 0 Å². The van der Waals surface area contributed by atoms with E-state index >= 15 is 0 Å². The molecule has 0 spiro atoms. The van der Waals surface area contributed by atoms with Gasteiger partial charge in [-0.3, -0.25) is 4.74 Å². The van der Waals surface area contributed by atoms with Gasteiger partial charge in [-0.05, 0) is 0 Å². The molecule has 0 unspecified atom stereocenters. The lowest BCUT2D eigenvalue weighted by atomic mass is 10.3. The standard InChI is InChI=1S/C14H7F23O8/c15-4(16,1-38)41-10(27,28)12(31,32)43-6(19,20)3(40-8(23,24)9(25,26)45-14(35,36)37)7(21,22)44-13(33,34)11(29,30)42-5(17,18)2-39/h3,38-39H,1-2H2. The largest absolute Gasteiger partial charge is 0.527 e. The highest BCUT2D eigenvalue weighted by Crippen LogP contribution is 2.52. The second kappa shape index (κ2) is 12.6. The molecule has 0 radical (unpaired) electrons. The third-order valence-corrected chi connectivity index (χ3v) is 3.59. The van der Waals surface area contributed by atoms with E-state index in [0.29, 0.717) is 0 Å². The number of aliphatic hydroxyl groups excluding tert-OH is 2. The average molecular weight is 740 g/mol. The molecule has 0 aliphatic rings. The fourth-order valence-electron chi connectivity index (χ4n) is 1.88. The van der Waals surface area contributed by atoms with Crippen molar-refractivity contribution in [2.24, 2.45) is 0 Å². The molecule has 0 saturated carbocycles. The van der Waals surface area contributed by atoms with Crippen LogP contribution < -0.4 is 0 Å². The summed E-state index contributed by atoms with van der Waals surface area (Å²) in [4.78, 5) is 0. The van der Waals surface area contributed by atoms with E-state index in [1.54, 1.807) is 4.74 Å². The van der Waals surface area contributed by atoms with Crippen LogP contribution in [0.5, 0.6) is 0 Å². The van der Waals surface area contributed by atoms with Crippen LogP contribution in [0, 0.1) is 0 Å². The van der Waals surface area contributed by atoms with Crippen molar-refractivity contribution in [3.8, 4) is 0 Å². The van der Waals surface area contributed by atoms with Crippen molar-refractivity contribution < 1.29 is 140 Å². The first-order chi connectivity index (χ1) is 19.2. The van der Waals surface area contributed by atoms with Crippen LogP contribution in [0.1, 0.15) is 0 Å². The molecule has 0 aromatic carbocycles. The van der Waals surface area contributed by atoms with Crippen molar-refractivity contribution in [2.75, 3.05) is 13.2 Å². The Kier molecular flexibility index (Phi) is 12.1. The first-order valence-electron chi connectivity index (χ1n) is 9.49. The van der Waals surface area contributed by atoms with Gasteiger partial charge in [-0.1, -0.05) is 0 Å². The molecule has 45 heavy (non-hydrogen) atoms. The molecule has 0 saturated heterocycles. The topological polar surface area (TPSA) is 95.8 Å². The van der Waals surface area contributed by atoms with E-state index in [9.17, 15) is 101 Å². The Morgan fingerprint density at radius 1 is 0.356 bits per heavy atom. The van der Waals surface area contributed by atoms with Crippen molar-refractivity contribution >= 4 is 0 Å². The molecule has 0 heterocycles. The highest BCUT2D eigenvalue weighted by molar-refractivity contribution is 4.86. The number of alkyl halides is 23. The molecular formula is C14H7F23O8. The van der Waals surface area contributed by atoms with Gasteiger partial charge in [0.1, 0.15) is 13.2 Å². The Labute approximate surface area is 228 Å². The summed E-state index contributed by atoms with van der Waals surface area (Å²) in [6.07, 6.45) is -87.9. The molecule has 31 heteroatoms. The van der Waals surface area contributed by atoms with Gasteiger partial charge in [0.25, 0.3) is 0 Å². The zero-order valence-corrected chi connectivity index (χ0v) is 19.5. The maximum Gasteiger partial charge on any atom is 0.527 e. The van der Waals surface area contributed by atoms with Gasteiger partial charge in [0.05, 0.1) is 0 Å². The zero-order chi connectivity index (χ0) is 36.7. The Morgan fingerprint density at radius 2 is 0.600 bits per heavy atom. The quantitative estimate of drug-likeness (QED) is 0.168. The number of rotatable bonds is 18. The molecule has 0 aromatic rings. The molecule has 0 rings (SSSR count). The molecule has 8 nitrogen and oxygen atoms in total. The number of hydrogen-bond acceptors (Lipinski definition) is 8. The van der Waals surface area contributed by atoms with Crippen LogP contribution in [0.25, 0.3) is 0 Å². The third-order valence-electron chi connectivity index (χ3n) is 3.59. The second-order valence-corrected chi connectivity index (χ2v) is 7.27. The summed E-state index contributed by atoms with van der Waals surface area (Å²) in [6.45, 7) is -6.12. The summed E-state index contributed by atoms with van der Waals surface area (Å²) < 4.78 is 313. The normalized spacial score (nSPS) is 16.1. The van der Waals surface area contributed by atoms with Gasteiger partial charge in [-0.25, -0.2) is 23.7 Å². The lowest BCUT2D eigenvalue weighted by molar-refractivity contribution is -0.569. The van der Waals surface area contributed by atoms with Crippen molar-refractivity contribution in [1.82, 2.24) is 0 Å². The predicted molar refractivity (Wildman–Crippen MR) is 80.0 cm³/mol. The Hall–Kier alpha value is -1.93. The summed E-state index contributed by atoms with van der Waals surface area (Å²) >= 11 is 0. The monoisotopic (exact) mass is 740 g/mol. The second-order valence-electron chi connectivity index (χ2n) is 7.27. The molecule has 272 valence electrons. The zero-order valence-electron chi connectivity index (χ0n) is 19.5. The minimum atomic E-state index is -7.98. The molecule has 0 amide bonds. The maximum absolute atomic E-state index is 14.1. The third kappa shape index (κ3) is 11.1. The first kappa shape index (κ1) is 43.1. The van der Waals surface area contributed by atoms with E-state index in [1.807, 2.05) is 9.47 Å². The summed E-state index contributed by atoms with van der Waals surface area (Å²) in [5.41, 5.74) is 0. The van der Waals surface area contributed by atoms with Gasteiger partial charge < -0.3 is 10.2 Å². The Balaban J connectivity index is 7.08. The van der Waals surface area contributed by atoms with E-state index in [0.717, 1.165) is 0 Å². The van der Waals surface area contributed by atoms with Gasteiger partial charge in [-0.15, -0.1) is 13.2 Å². The number of ether oxygens (including phenoxy) is 6. The minimum Gasteiger partial charge on any atom is -0.387 e. The predicted octanol–water partition coefficient (Wildman–Crippen LogP) is 5.89. The summed E-state index contributed by atoms with van der Waals surface area (Å²) in [7, 11) is 0. The van der Waals surface area contributed by atoms with Gasteiger partial charge >= 0.3 is 67.4 Å². The Morgan fingerprint density at radius 3 is 0.844 bits per heavy atom. The highest BCUT2D eigenvalue weighted by Gasteiger charge is 2.77. The van der Waals surface area contributed by atoms with E-state index in [4.69, 9.17) is 10.2 Å². The van der Waals surface area contributed by atoms with Gasteiger partial charge in [0.15, 0.2) is 0 Å². The van der Waals surface area contributed by atoms with Crippen molar-refractivity contribution in [3.05, 3.63) is 0 Å². The first-order valence-corrected chi connectivity index (χ1v) is 9.49. The maximum atomic E-state index is 14.1. The molecule has 0 aliphatic heterocycles. The average Bonchev–Trinajstić information content (AvgIpc) is 2.72. The smallest absolute Gasteiger partial charge is 0.387 e. The lowest BCUT2D eigenvalue weighted by Gasteiger charge is -2.39. The summed E-state index contributed by atoms with van der Waals surface area (Å²) in [6, 6.07) is 0. The van der Waals surface area contributed by atoms with Crippen LogP contribution in [0.4, 0.5) is 101 Å². The number of halogens is 23. The molecular weight excluding hydrogens is 733 g/mol. The van der Waals surface area contributed by atoms with E-state index in [2.05, 4.69) is 0 Å². The number of hydrogen-bond donors (Lipinski definition) is 2. The van der Waals surface area contributed by atoms with Crippen LogP contribution in [0.2, 0.25) is 0 Å². The molecule has 0 fully saturated rings. The van der Waals surface area contributed by atoms with Crippen LogP contribution in [0.3, 0.4) is 0 Å². The van der Waals surface area contributed by atoms with Crippen LogP contribution in [0.15, 0.2) is 0 Å². The molecule has 0 aromatic heterocycles. The van der Waals surface area contributed by atoms with E-state index in [-0.39, 0.29) is 0 Å². The van der Waals surface area contributed by atoms with Gasteiger partial charge in [-0.2, -0.15) is 87.8 Å². The molecule has 0 bridgehead atoms. The Bertz CT molecular complexity index is 925. The van der Waals surface area contributed by atoms with Gasteiger partial charge in [0.2, 0.25) is 6.10 Å². The van der Waals surface area contributed by atoms with E-state index < -0.39 is 86.8 Å². The summed E-state index contributed by atoms with van der Waals surface area (Å²) in [5, 5.41) is 15.9. The van der Waals surface area contributed by atoms with Crippen LogP contribution in [-0.2, 0) is 28.4 Å². The van der Waals surface area contributed by atoms with Crippen LogP contribution >= 0.6 is 0 Å². The minimum absolute atomic E-state index is 1.29. The SMILES string of the molecule is OCC(F)(F)OC(F)(F)C(F)(F)OC(F)(F)C(OC(F)(F)C(F)(F)OC(F)(F)F)C(F)(F)OC(F)(F)C(F)(F)OC(F)(F)CO. The van der Waals surface area contributed by atoms with E-state index in [1.165, 1.54) is 14.2 Å². The van der Waals surface area contributed by atoms with Crippen LogP contribution in [-0.4, -0.2) is 97.0 Å². The molecule has 2 N–H and O–H groups in total. The molecule has 0 atom stereocenters. The number of aliphatic hydroxyl groups is 2. The van der Waals surface area contributed by atoms with Gasteiger partial charge in [0, 0.05) is 0 Å². The lowest BCUT2D eigenvalue weighted by Crippen LogP contribution is -2.64. The summed E-state index contributed by atoms with van der Waals surface area (Å²) in [5.74, 6) is 0. The fourth-order valence-corrected chi connectivity index (χ4v) is 1.88. The molecule has 0 aliphatic carbocycles.